The Morgan fingerprint density at radius 1 is 0.895 bits per heavy atom. The molecule has 2 amide bonds. The lowest BCUT2D eigenvalue weighted by Gasteiger charge is -2.23. The molecule has 0 rings (SSSR count). The van der Waals surface area contributed by atoms with E-state index in [-0.39, 0.29) is 6.54 Å². The monoisotopic (exact) mass is 556 g/mol. The van der Waals surface area contributed by atoms with Crippen molar-refractivity contribution in [1.29, 1.82) is 0 Å². The van der Waals surface area contributed by atoms with Crippen LogP contribution in [0.1, 0.15) is 99.3 Å². The second-order valence-electron chi connectivity index (χ2n) is 11.1. The Kier molecular flexibility index (Phi) is 21.2. The molecule has 222 valence electrons. The Morgan fingerprint density at radius 2 is 1.47 bits per heavy atom. The van der Waals surface area contributed by atoms with E-state index in [9.17, 15) is 14.4 Å². The van der Waals surface area contributed by atoms with E-state index in [0.29, 0.717) is 12.3 Å². The number of allylic oxidation sites excluding steroid dienone is 1. The van der Waals surface area contributed by atoms with Gasteiger partial charge in [0.2, 0.25) is 0 Å². The Labute approximate surface area is 237 Å². The number of nitrogens with zero attached hydrogens (tertiary/aromatic N) is 1. The number of amides is 2. The van der Waals surface area contributed by atoms with Crippen LogP contribution < -0.4 is 5.32 Å². The molecular weight excluding hydrogens is 500 g/mol. The van der Waals surface area contributed by atoms with Gasteiger partial charge in [-0.25, -0.2) is 9.59 Å². The molecule has 3 atom stereocenters. The normalized spacial score (nSPS) is 14.1. The Bertz CT molecular complexity index is 698. The zero-order chi connectivity index (χ0) is 28.9. The molecule has 0 aromatic carbocycles. The summed E-state index contributed by atoms with van der Waals surface area (Å²) < 4.78 is 9.49. The molecule has 0 aromatic heterocycles. The lowest BCUT2D eigenvalue weighted by atomic mass is 9.91. The van der Waals surface area contributed by atoms with Crippen LogP contribution in [-0.2, 0) is 19.1 Å². The number of ether oxygens (including phenoxy) is 2. The minimum absolute atomic E-state index is 0.169. The van der Waals surface area contributed by atoms with Crippen molar-refractivity contribution >= 4 is 29.7 Å². The van der Waals surface area contributed by atoms with Crippen LogP contribution >= 0.6 is 11.8 Å². The van der Waals surface area contributed by atoms with Crippen LogP contribution in [0.15, 0.2) is 11.6 Å². The molecule has 0 aliphatic rings. The number of carbonyl (C=O) groups is 3. The number of hydrogen-bond donors (Lipinski definition) is 1. The van der Waals surface area contributed by atoms with E-state index >= 15 is 0 Å². The van der Waals surface area contributed by atoms with Crippen molar-refractivity contribution in [2.45, 2.75) is 105 Å². The van der Waals surface area contributed by atoms with Crippen LogP contribution in [0.4, 0.5) is 4.79 Å². The lowest BCUT2D eigenvalue weighted by molar-refractivity contribution is -0.142. The van der Waals surface area contributed by atoms with Gasteiger partial charge in [0.15, 0.2) is 0 Å². The zero-order valence-electron chi connectivity index (χ0n) is 25.5. The highest BCUT2D eigenvalue weighted by molar-refractivity contribution is 7.99. The summed E-state index contributed by atoms with van der Waals surface area (Å²) in [4.78, 5) is 37.5. The van der Waals surface area contributed by atoms with Gasteiger partial charge in [0.05, 0.1) is 14.2 Å². The molecule has 0 saturated carbocycles. The van der Waals surface area contributed by atoms with E-state index < -0.39 is 24.0 Å². The fourth-order valence-electron chi connectivity index (χ4n) is 4.30. The zero-order valence-corrected chi connectivity index (χ0v) is 26.3. The van der Waals surface area contributed by atoms with Gasteiger partial charge < -0.3 is 19.7 Å². The van der Waals surface area contributed by atoms with E-state index in [4.69, 9.17) is 4.74 Å². The molecule has 0 heterocycles. The molecule has 0 saturated heterocycles. The second kappa shape index (κ2) is 22.2. The van der Waals surface area contributed by atoms with Crippen molar-refractivity contribution in [2.75, 3.05) is 38.8 Å². The molecular formula is C30H56N2O5S. The first-order valence-corrected chi connectivity index (χ1v) is 15.6. The number of likely N-dealkylation sites (N-methyl/N-ethyl adjacent to an activating group) is 1. The first-order chi connectivity index (χ1) is 18.0. The van der Waals surface area contributed by atoms with Gasteiger partial charge in [-0.15, -0.1) is 0 Å². The Hall–Kier alpha value is -1.70. The summed E-state index contributed by atoms with van der Waals surface area (Å²) in [6, 6.07) is -1.27. The minimum atomic E-state index is -0.781. The van der Waals surface area contributed by atoms with Gasteiger partial charge in [-0.3, -0.25) is 4.79 Å². The molecule has 8 heteroatoms. The third-order valence-corrected chi connectivity index (χ3v) is 7.95. The van der Waals surface area contributed by atoms with Crippen molar-refractivity contribution < 1.29 is 23.9 Å². The number of carbonyl (C=O) groups excluding carboxylic acids is 3. The fourth-order valence-corrected chi connectivity index (χ4v) is 5.29. The molecule has 0 aliphatic carbocycles. The number of thioether (sulfide) groups is 1. The van der Waals surface area contributed by atoms with Crippen molar-refractivity contribution in [3.63, 3.8) is 0 Å². The maximum absolute atomic E-state index is 12.5. The van der Waals surface area contributed by atoms with Gasteiger partial charge >= 0.3 is 18.0 Å². The summed E-state index contributed by atoms with van der Waals surface area (Å²) in [6.45, 7) is 13.5. The number of esters is 2. The molecule has 0 radical (unpaired) electrons. The van der Waals surface area contributed by atoms with Gasteiger partial charge in [-0.1, -0.05) is 84.3 Å². The molecule has 0 aliphatic heterocycles. The van der Waals surface area contributed by atoms with Crippen molar-refractivity contribution in [2.24, 2.45) is 17.8 Å². The smallest absolute Gasteiger partial charge is 0.329 e. The van der Waals surface area contributed by atoms with Crippen molar-refractivity contribution in [3.8, 4) is 0 Å². The summed E-state index contributed by atoms with van der Waals surface area (Å²) in [5.74, 6) is 2.58. The maximum Gasteiger partial charge on any atom is 0.329 e. The maximum atomic E-state index is 12.5. The number of nitrogens with one attached hydrogen (secondary N) is 1. The SMILES string of the molecule is CCN(CC(=O)OC)C(=O)N[C@@H](CSC/C=C(\C)CCCC(C)CCCC(C)CCCC(C)C)C(=O)OC. The summed E-state index contributed by atoms with van der Waals surface area (Å²) in [7, 11) is 2.58. The van der Waals surface area contributed by atoms with Crippen LogP contribution in [0.5, 0.6) is 0 Å². The topological polar surface area (TPSA) is 84.9 Å². The predicted octanol–water partition coefficient (Wildman–Crippen LogP) is 6.85. The number of methoxy groups -OCH3 is 2. The second-order valence-corrected chi connectivity index (χ2v) is 12.1. The number of urea groups is 1. The quantitative estimate of drug-likeness (QED) is 0.0945. The predicted molar refractivity (Wildman–Crippen MR) is 159 cm³/mol. The third-order valence-electron chi connectivity index (χ3n) is 6.97. The van der Waals surface area contributed by atoms with E-state index in [1.54, 1.807) is 18.7 Å². The van der Waals surface area contributed by atoms with Gasteiger partial charge in [0.1, 0.15) is 12.6 Å². The molecule has 38 heavy (non-hydrogen) atoms. The molecule has 2 unspecified atom stereocenters. The van der Waals surface area contributed by atoms with Gasteiger partial charge in [-0.2, -0.15) is 11.8 Å². The van der Waals surface area contributed by atoms with Gasteiger partial charge in [-0.05, 0) is 44.4 Å². The first-order valence-electron chi connectivity index (χ1n) is 14.5. The summed E-state index contributed by atoms with van der Waals surface area (Å²) in [5, 5.41) is 2.68. The molecule has 0 bridgehead atoms. The first kappa shape index (κ1) is 36.3. The summed E-state index contributed by atoms with van der Waals surface area (Å²) in [6.07, 6.45) is 13.9. The molecule has 7 nitrogen and oxygen atoms in total. The molecule has 1 N–H and O–H groups in total. The van der Waals surface area contributed by atoms with Crippen LogP contribution in [-0.4, -0.2) is 67.7 Å². The summed E-state index contributed by atoms with van der Waals surface area (Å²) >= 11 is 1.57. The fraction of sp³-hybridized carbons (Fsp3) is 0.833. The Morgan fingerprint density at radius 3 is 2.00 bits per heavy atom. The Balaban J connectivity index is 4.30. The van der Waals surface area contributed by atoms with Gasteiger partial charge in [0, 0.05) is 18.1 Å². The molecule has 0 fully saturated rings. The minimum Gasteiger partial charge on any atom is -0.468 e. The highest BCUT2D eigenvalue weighted by atomic mass is 32.2. The molecule has 0 spiro atoms. The highest BCUT2D eigenvalue weighted by Crippen LogP contribution is 2.22. The van der Waals surface area contributed by atoms with Crippen LogP contribution in [0.25, 0.3) is 0 Å². The standard InChI is InChI=1S/C30H56N2O5S/c1-9-32(21-28(33)36-7)30(35)31-27(29(34)37-8)22-38-20-19-26(6)18-12-17-25(5)16-11-15-24(4)14-10-13-23(2)3/h19,23-25,27H,9-18,20-22H2,1-8H3,(H,31,35)/b26-19+/t24?,25?,27-/m0/s1. The van der Waals surface area contributed by atoms with Crippen LogP contribution in [0.3, 0.4) is 0 Å². The molecule has 0 aromatic rings. The van der Waals surface area contributed by atoms with E-state index in [2.05, 4.69) is 50.7 Å². The van der Waals surface area contributed by atoms with E-state index in [1.807, 2.05) is 0 Å². The number of hydrogen-bond acceptors (Lipinski definition) is 6. The van der Waals surface area contributed by atoms with E-state index in [0.717, 1.165) is 29.9 Å². The van der Waals surface area contributed by atoms with Crippen molar-refractivity contribution in [1.82, 2.24) is 10.2 Å². The lowest BCUT2D eigenvalue weighted by Crippen LogP contribution is -2.50. The van der Waals surface area contributed by atoms with Crippen molar-refractivity contribution in [3.05, 3.63) is 11.6 Å². The average Bonchev–Trinajstić information content (AvgIpc) is 2.87. The number of rotatable bonds is 21. The third kappa shape index (κ3) is 18.5. The van der Waals surface area contributed by atoms with Gasteiger partial charge in [0.25, 0.3) is 0 Å². The van der Waals surface area contributed by atoms with E-state index in [1.165, 1.54) is 76.1 Å². The largest absolute Gasteiger partial charge is 0.468 e. The summed E-state index contributed by atoms with van der Waals surface area (Å²) in [5.41, 5.74) is 1.36. The average molecular weight is 557 g/mol. The van der Waals surface area contributed by atoms with Crippen LogP contribution in [0, 0.1) is 17.8 Å². The van der Waals surface area contributed by atoms with Crippen LogP contribution in [0.2, 0.25) is 0 Å². The highest BCUT2D eigenvalue weighted by Gasteiger charge is 2.25.